The zero-order valence-corrected chi connectivity index (χ0v) is 31.4. The lowest BCUT2D eigenvalue weighted by atomic mass is 10.1. The zero-order chi connectivity index (χ0) is 35.7. The minimum Gasteiger partial charge on any atom is -0.477 e. The third-order valence-electron chi connectivity index (χ3n) is 8.29. The highest BCUT2D eigenvalue weighted by Crippen LogP contribution is 2.12. The molecule has 0 fully saturated rings. The van der Waals surface area contributed by atoms with Crippen LogP contribution in [0.2, 0.25) is 0 Å². The van der Waals surface area contributed by atoms with Gasteiger partial charge in [0, 0.05) is 19.3 Å². The summed E-state index contributed by atoms with van der Waals surface area (Å²) in [6, 6.07) is -0.618. The van der Waals surface area contributed by atoms with Crippen molar-refractivity contribution in [3.8, 4) is 0 Å². The monoisotopic (exact) mass is 679 g/mol. The number of carboxylic acid groups (broad SMARTS) is 1. The number of quaternary nitrogens is 1. The summed E-state index contributed by atoms with van der Waals surface area (Å²) in [6.07, 6.45) is 33.4. The van der Waals surface area contributed by atoms with Gasteiger partial charge < -0.3 is 23.8 Å². The minimum absolute atomic E-state index is 0.0480. The molecule has 0 radical (unpaired) electrons. The Kier molecular flexibility index (Phi) is 30.2. The molecule has 0 amide bonds. The summed E-state index contributed by atoms with van der Waals surface area (Å²) in [6.45, 7) is 4.61. The molecule has 0 spiro atoms. The molecule has 0 saturated carbocycles. The predicted molar refractivity (Wildman–Crippen MR) is 197 cm³/mol. The number of ether oxygens (including phenoxy) is 3. The van der Waals surface area contributed by atoms with Crippen LogP contribution in [0, 0.1) is 0 Å². The second-order valence-electron chi connectivity index (χ2n) is 13.9. The molecule has 0 aromatic carbocycles. The molecule has 2 atom stereocenters. The van der Waals surface area contributed by atoms with E-state index in [4.69, 9.17) is 14.2 Å². The number of rotatable bonds is 33. The van der Waals surface area contributed by atoms with Crippen LogP contribution in [0.5, 0.6) is 0 Å². The van der Waals surface area contributed by atoms with Crippen molar-refractivity contribution in [1.29, 1.82) is 0 Å². The fourth-order valence-electron chi connectivity index (χ4n) is 5.26. The number of hydrogen-bond acceptors (Lipinski definition) is 6. The summed E-state index contributed by atoms with van der Waals surface area (Å²) in [4.78, 5) is 36.7. The number of likely N-dealkylation sites (N-methyl/N-ethyl adjacent to an activating group) is 1. The van der Waals surface area contributed by atoms with Crippen LogP contribution >= 0.6 is 0 Å². The number of carboxylic acids is 1. The maximum atomic E-state index is 12.6. The summed E-state index contributed by atoms with van der Waals surface area (Å²) in [5, 5.41) is 9.57. The third kappa shape index (κ3) is 29.7. The van der Waals surface area contributed by atoms with Crippen molar-refractivity contribution in [3.63, 3.8) is 0 Å². The minimum atomic E-state index is -0.882. The van der Waals surface area contributed by atoms with E-state index < -0.39 is 18.1 Å². The summed E-state index contributed by atoms with van der Waals surface area (Å²) in [5.74, 6) is -1.53. The number of nitrogens with zero attached hydrogens (tertiary/aromatic N) is 1. The van der Waals surface area contributed by atoms with Crippen LogP contribution in [0.4, 0.5) is 0 Å². The molecule has 8 nitrogen and oxygen atoms in total. The molecule has 0 saturated heterocycles. The number of unbranched alkanes of at least 4 members (excludes halogenated alkanes) is 14. The van der Waals surface area contributed by atoms with Crippen molar-refractivity contribution in [1.82, 2.24) is 0 Å². The highest BCUT2D eigenvalue weighted by molar-refractivity contribution is 5.72. The van der Waals surface area contributed by atoms with Crippen molar-refractivity contribution >= 4 is 17.9 Å². The largest absolute Gasteiger partial charge is 0.477 e. The molecule has 0 aliphatic heterocycles. The van der Waals surface area contributed by atoms with Gasteiger partial charge in [-0.15, -0.1) is 0 Å². The topological polar surface area (TPSA) is 99.1 Å². The SMILES string of the molecule is CCCCC/C=C/C=C/CCCCCCCCC(=O)OC(COCCC(C(=O)O)[N+](C)(C)C)COC(=O)CCC/C=C/CCCCCC. The molecule has 8 heteroatoms. The quantitative estimate of drug-likeness (QED) is 0.0243. The van der Waals surface area contributed by atoms with Gasteiger partial charge in [-0.25, -0.2) is 4.79 Å². The lowest BCUT2D eigenvalue weighted by Crippen LogP contribution is -2.50. The van der Waals surface area contributed by atoms with Crippen LogP contribution in [-0.4, -0.2) is 80.6 Å². The van der Waals surface area contributed by atoms with E-state index >= 15 is 0 Å². The maximum Gasteiger partial charge on any atom is 0.362 e. The number of allylic oxidation sites excluding steroid dienone is 6. The van der Waals surface area contributed by atoms with Crippen molar-refractivity contribution in [2.24, 2.45) is 0 Å². The first-order valence-corrected chi connectivity index (χ1v) is 19.0. The molecule has 0 heterocycles. The molecule has 48 heavy (non-hydrogen) atoms. The highest BCUT2D eigenvalue weighted by atomic mass is 16.6. The molecule has 278 valence electrons. The molecular formula is C40H72NO7+. The Hall–Kier alpha value is -2.45. The number of aliphatic carboxylic acids is 1. The van der Waals surface area contributed by atoms with E-state index in [0.717, 1.165) is 51.4 Å². The Morgan fingerprint density at radius 1 is 0.625 bits per heavy atom. The van der Waals surface area contributed by atoms with E-state index in [9.17, 15) is 19.5 Å². The summed E-state index contributed by atoms with van der Waals surface area (Å²) < 4.78 is 17.1. The van der Waals surface area contributed by atoms with E-state index in [0.29, 0.717) is 25.7 Å². The molecule has 0 aromatic heterocycles. The molecule has 0 bridgehead atoms. The Balaban J connectivity index is 4.46. The molecular weight excluding hydrogens is 606 g/mol. The highest BCUT2D eigenvalue weighted by Gasteiger charge is 2.31. The van der Waals surface area contributed by atoms with Crippen molar-refractivity contribution in [2.45, 2.75) is 161 Å². The van der Waals surface area contributed by atoms with Crippen LogP contribution in [0.25, 0.3) is 0 Å². The van der Waals surface area contributed by atoms with Crippen LogP contribution in [-0.2, 0) is 28.6 Å². The lowest BCUT2D eigenvalue weighted by molar-refractivity contribution is -0.887. The maximum absolute atomic E-state index is 12.6. The average molecular weight is 679 g/mol. The van der Waals surface area contributed by atoms with Gasteiger partial charge in [0.2, 0.25) is 0 Å². The first-order chi connectivity index (χ1) is 23.1. The summed E-state index contributed by atoms with van der Waals surface area (Å²) in [5.41, 5.74) is 0. The molecule has 1 N–H and O–H groups in total. The molecule has 0 aromatic rings. The van der Waals surface area contributed by atoms with Crippen LogP contribution in [0.1, 0.15) is 149 Å². The molecule has 2 unspecified atom stereocenters. The number of carbonyl (C=O) groups is 3. The number of esters is 2. The van der Waals surface area contributed by atoms with E-state index in [1.54, 1.807) is 0 Å². The smallest absolute Gasteiger partial charge is 0.362 e. The first kappa shape index (κ1) is 45.6. The summed E-state index contributed by atoms with van der Waals surface area (Å²) in [7, 11) is 5.50. The van der Waals surface area contributed by atoms with Gasteiger partial charge in [0.15, 0.2) is 12.1 Å². The Bertz CT molecular complexity index is 891. The van der Waals surface area contributed by atoms with Crippen LogP contribution in [0.15, 0.2) is 36.5 Å². The normalized spacial score (nSPS) is 13.4. The second kappa shape index (κ2) is 31.8. The number of hydrogen-bond donors (Lipinski definition) is 1. The van der Waals surface area contributed by atoms with Crippen LogP contribution < -0.4 is 0 Å². The van der Waals surface area contributed by atoms with Crippen LogP contribution in [0.3, 0.4) is 0 Å². The van der Waals surface area contributed by atoms with Crippen molar-refractivity contribution < 1.29 is 38.2 Å². The van der Waals surface area contributed by atoms with Crippen molar-refractivity contribution in [3.05, 3.63) is 36.5 Å². The summed E-state index contributed by atoms with van der Waals surface area (Å²) >= 11 is 0. The van der Waals surface area contributed by atoms with E-state index in [1.165, 1.54) is 57.8 Å². The zero-order valence-electron chi connectivity index (χ0n) is 31.4. The first-order valence-electron chi connectivity index (χ1n) is 19.0. The Labute approximate surface area is 293 Å². The fourth-order valence-corrected chi connectivity index (χ4v) is 5.26. The average Bonchev–Trinajstić information content (AvgIpc) is 3.03. The van der Waals surface area contributed by atoms with E-state index in [2.05, 4.69) is 50.3 Å². The van der Waals surface area contributed by atoms with Crippen molar-refractivity contribution in [2.75, 3.05) is 41.0 Å². The van der Waals surface area contributed by atoms with Gasteiger partial charge in [-0.1, -0.05) is 108 Å². The Morgan fingerprint density at radius 2 is 1.12 bits per heavy atom. The van der Waals surface area contributed by atoms with Gasteiger partial charge in [0.1, 0.15) is 6.61 Å². The van der Waals surface area contributed by atoms with Gasteiger partial charge in [0.05, 0.1) is 34.4 Å². The van der Waals surface area contributed by atoms with E-state index in [1.807, 2.05) is 21.1 Å². The second-order valence-corrected chi connectivity index (χ2v) is 13.9. The molecule has 0 rings (SSSR count). The van der Waals surface area contributed by atoms with E-state index in [-0.39, 0.29) is 36.2 Å². The van der Waals surface area contributed by atoms with Gasteiger partial charge in [-0.05, 0) is 57.8 Å². The fraction of sp³-hybridized carbons (Fsp3) is 0.775. The van der Waals surface area contributed by atoms with Gasteiger partial charge >= 0.3 is 17.9 Å². The predicted octanol–water partition coefficient (Wildman–Crippen LogP) is 9.52. The molecule has 0 aliphatic carbocycles. The number of carbonyl (C=O) groups excluding carboxylic acids is 2. The van der Waals surface area contributed by atoms with Gasteiger partial charge in [0.25, 0.3) is 0 Å². The standard InChI is InChI=1S/C40H71NO7/c1-6-8-10-12-14-16-17-18-19-20-21-23-25-27-29-31-39(43)48-36(34-46-33-32-37(40(44)45)41(3,4)5)35-47-38(42)30-28-26-24-22-15-13-11-9-7-2/h14,16-18,22,24,36-37H,6-13,15,19-21,23,25-35H2,1-5H3/p+1/b16-14+,18-17+,24-22+. The third-order valence-corrected chi connectivity index (χ3v) is 8.29. The van der Waals surface area contributed by atoms with Gasteiger partial charge in [-0.3, -0.25) is 9.59 Å². The Morgan fingerprint density at radius 3 is 1.73 bits per heavy atom. The lowest BCUT2D eigenvalue weighted by Gasteiger charge is -2.31. The van der Waals surface area contributed by atoms with Gasteiger partial charge in [-0.2, -0.15) is 0 Å². The molecule has 0 aliphatic rings.